The van der Waals surface area contributed by atoms with E-state index in [2.05, 4.69) is 20.5 Å². The molecular formula is C18H17FN6OS. The van der Waals surface area contributed by atoms with E-state index < -0.39 is 0 Å². The molecule has 1 amide bonds. The summed E-state index contributed by atoms with van der Waals surface area (Å²) >= 11 is 1.30. The second-order valence-corrected chi connectivity index (χ2v) is 7.12. The lowest BCUT2D eigenvalue weighted by Crippen LogP contribution is -2.16. The Balaban J connectivity index is 1.70. The van der Waals surface area contributed by atoms with Crippen molar-refractivity contribution in [3.63, 3.8) is 0 Å². The molecule has 3 aromatic heterocycles. The maximum atomic E-state index is 14.0. The Kier molecular flexibility index (Phi) is 4.23. The zero-order chi connectivity index (χ0) is 19.1. The molecule has 4 aromatic rings. The molecule has 0 aliphatic carbocycles. The molecule has 0 aliphatic rings. The molecule has 0 fully saturated rings. The first-order chi connectivity index (χ1) is 13.0. The molecule has 0 bridgehead atoms. The monoisotopic (exact) mass is 384 g/mol. The second kappa shape index (κ2) is 6.58. The number of carbonyl (C=O) groups excluding carboxylic acids is 1. The minimum atomic E-state index is -0.384. The first-order valence-corrected chi connectivity index (χ1v) is 9.26. The summed E-state index contributed by atoms with van der Waals surface area (Å²) in [4.78, 5) is 17.0. The van der Waals surface area contributed by atoms with E-state index in [9.17, 15) is 9.18 Å². The molecule has 0 saturated carbocycles. The number of thiazole rings is 1. The third kappa shape index (κ3) is 3.10. The van der Waals surface area contributed by atoms with E-state index in [0.717, 1.165) is 5.69 Å². The lowest BCUT2D eigenvalue weighted by Gasteiger charge is -2.04. The maximum Gasteiger partial charge on any atom is 0.277 e. The van der Waals surface area contributed by atoms with E-state index in [1.54, 1.807) is 28.9 Å². The van der Waals surface area contributed by atoms with Crippen LogP contribution in [0.4, 0.5) is 10.2 Å². The number of nitrogens with zero attached hydrogens (tertiary/aromatic N) is 5. The molecule has 7 nitrogen and oxygen atoms in total. The summed E-state index contributed by atoms with van der Waals surface area (Å²) in [5, 5.41) is 12.0. The Morgan fingerprint density at radius 3 is 2.78 bits per heavy atom. The number of hydrogen-bond donors (Lipinski definition) is 1. The molecule has 0 atom stereocenters. The summed E-state index contributed by atoms with van der Waals surface area (Å²) in [5.41, 5.74) is 2.24. The van der Waals surface area contributed by atoms with Gasteiger partial charge in [0.1, 0.15) is 17.2 Å². The van der Waals surface area contributed by atoms with Crippen LogP contribution in [0.1, 0.15) is 28.8 Å². The van der Waals surface area contributed by atoms with Crippen molar-refractivity contribution in [2.24, 2.45) is 0 Å². The van der Waals surface area contributed by atoms with Crippen LogP contribution in [0.2, 0.25) is 0 Å². The minimum absolute atomic E-state index is 0.292. The number of halogens is 1. The highest BCUT2D eigenvalue weighted by Crippen LogP contribution is 2.28. The van der Waals surface area contributed by atoms with Crippen LogP contribution >= 0.6 is 11.3 Å². The van der Waals surface area contributed by atoms with Crippen molar-refractivity contribution in [3.8, 4) is 5.13 Å². The van der Waals surface area contributed by atoms with E-state index in [1.165, 1.54) is 22.1 Å². The lowest BCUT2D eigenvalue weighted by molar-refractivity contribution is 0.102. The number of aromatic nitrogens is 5. The number of fused-ring (bicyclic) bond motifs is 1. The first kappa shape index (κ1) is 17.3. The molecule has 0 saturated heterocycles. The van der Waals surface area contributed by atoms with Gasteiger partial charge in [-0.25, -0.2) is 9.37 Å². The van der Waals surface area contributed by atoms with E-state index in [0.29, 0.717) is 39.1 Å². The van der Waals surface area contributed by atoms with Gasteiger partial charge in [0.15, 0.2) is 5.69 Å². The smallest absolute Gasteiger partial charge is 0.277 e. The topological polar surface area (TPSA) is 77.6 Å². The van der Waals surface area contributed by atoms with Crippen LogP contribution in [-0.4, -0.2) is 30.5 Å². The van der Waals surface area contributed by atoms with Crippen molar-refractivity contribution in [3.05, 3.63) is 53.2 Å². The van der Waals surface area contributed by atoms with Gasteiger partial charge in [0, 0.05) is 18.3 Å². The summed E-state index contributed by atoms with van der Waals surface area (Å²) < 4.78 is 17.9. The first-order valence-electron chi connectivity index (χ1n) is 8.44. The van der Waals surface area contributed by atoms with Crippen LogP contribution in [0.15, 0.2) is 30.3 Å². The van der Waals surface area contributed by atoms with Crippen LogP contribution in [-0.2, 0) is 6.54 Å². The number of carbonyl (C=O) groups is 1. The molecule has 0 aliphatic heterocycles. The molecule has 27 heavy (non-hydrogen) atoms. The van der Waals surface area contributed by atoms with Crippen LogP contribution in [0.3, 0.4) is 0 Å². The summed E-state index contributed by atoms with van der Waals surface area (Å²) in [5.74, 6) is -0.260. The normalized spacial score (nSPS) is 11.3. The molecule has 4 rings (SSSR count). The Hall–Kier alpha value is -3.07. The molecule has 1 aromatic carbocycles. The highest BCUT2D eigenvalue weighted by atomic mass is 32.1. The molecule has 0 spiro atoms. The number of anilines is 1. The van der Waals surface area contributed by atoms with Gasteiger partial charge in [0.2, 0.25) is 5.13 Å². The van der Waals surface area contributed by atoms with Gasteiger partial charge < -0.3 is 5.32 Å². The average Bonchev–Trinajstić information content (AvgIpc) is 3.31. The lowest BCUT2D eigenvalue weighted by atomic mass is 10.3. The molecule has 0 unspecified atom stereocenters. The van der Waals surface area contributed by atoms with E-state index in [-0.39, 0.29) is 11.7 Å². The van der Waals surface area contributed by atoms with E-state index in [4.69, 9.17) is 0 Å². The third-order valence-electron chi connectivity index (χ3n) is 4.13. The van der Waals surface area contributed by atoms with Crippen LogP contribution in [0.5, 0.6) is 0 Å². The van der Waals surface area contributed by atoms with Crippen LogP contribution in [0.25, 0.3) is 15.3 Å². The summed E-state index contributed by atoms with van der Waals surface area (Å²) in [6.45, 7) is 6.37. The Bertz CT molecular complexity index is 1160. The standard InChI is InChI=1S/C18H17FN6OS/c1-4-24-11(3)9-13(23-24)17(26)20-15-8-10(2)22-25(15)18-21-16-12(19)6-5-7-14(16)27-18/h5-9H,4H2,1-3H3,(H,20,26). The predicted molar refractivity (Wildman–Crippen MR) is 102 cm³/mol. The van der Waals surface area contributed by atoms with Gasteiger partial charge in [-0.05, 0) is 39.0 Å². The fourth-order valence-corrected chi connectivity index (χ4v) is 3.80. The number of aryl methyl sites for hydroxylation is 3. The number of amides is 1. The maximum absolute atomic E-state index is 14.0. The van der Waals surface area contributed by atoms with Gasteiger partial charge >= 0.3 is 0 Å². The number of hydrogen-bond acceptors (Lipinski definition) is 5. The van der Waals surface area contributed by atoms with E-state index >= 15 is 0 Å². The largest absolute Gasteiger partial charge is 0.305 e. The second-order valence-electron chi connectivity index (χ2n) is 6.11. The molecule has 0 radical (unpaired) electrons. The van der Waals surface area contributed by atoms with Crippen molar-refractivity contribution in [2.45, 2.75) is 27.3 Å². The van der Waals surface area contributed by atoms with E-state index in [1.807, 2.05) is 20.8 Å². The van der Waals surface area contributed by atoms with Gasteiger partial charge in [-0.3, -0.25) is 9.48 Å². The zero-order valence-corrected chi connectivity index (χ0v) is 15.8. The van der Waals surface area contributed by atoms with Gasteiger partial charge in [-0.2, -0.15) is 14.9 Å². The molecule has 1 N–H and O–H groups in total. The van der Waals surface area contributed by atoms with Gasteiger partial charge in [-0.15, -0.1) is 0 Å². The predicted octanol–water partition coefficient (Wildman–Crippen LogP) is 3.71. The molecule has 9 heteroatoms. The van der Waals surface area contributed by atoms with Gasteiger partial charge in [-0.1, -0.05) is 17.4 Å². The molecule has 3 heterocycles. The SMILES string of the molecule is CCn1nc(C(=O)Nc2cc(C)nn2-c2nc3c(F)cccc3s2)cc1C. The van der Waals surface area contributed by atoms with Crippen LogP contribution < -0.4 is 5.32 Å². The van der Waals surface area contributed by atoms with Crippen molar-refractivity contribution in [1.29, 1.82) is 0 Å². The highest BCUT2D eigenvalue weighted by Gasteiger charge is 2.18. The number of para-hydroxylation sites is 1. The van der Waals surface area contributed by atoms with Crippen molar-refractivity contribution in [1.82, 2.24) is 24.5 Å². The fourth-order valence-electron chi connectivity index (χ4n) is 2.85. The van der Waals surface area contributed by atoms with Crippen molar-refractivity contribution < 1.29 is 9.18 Å². The fraction of sp³-hybridized carbons (Fsp3) is 0.222. The van der Waals surface area contributed by atoms with Crippen molar-refractivity contribution in [2.75, 3.05) is 5.32 Å². The average molecular weight is 384 g/mol. The summed E-state index contributed by atoms with van der Waals surface area (Å²) in [7, 11) is 0. The van der Waals surface area contributed by atoms with Crippen LogP contribution in [0, 0.1) is 19.7 Å². The number of nitrogens with one attached hydrogen (secondary N) is 1. The zero-order valence-electron chi connectivity index (χ0n) is 15.0. The third-order valence-corrected chi connectivity index (χ3v) is 5.12. The highest BCUT2D eigenvalue weighted by molar-refractivity contribution is 7.20. The Morgan fingerprint density at radius 2 is 2.07 bits per heavy atom. The molecular weight excluding hydrogens is 367 g/mol. The summed E-state index contributed by atoms with van der Waals surface area (Å²) in [6.07, 6.45) is 0. The number of benzene rings is 1. The quantitative estimate of drug-likeness (QED) is 0.582. The summed E-state index contributed by atoms with van der Waals surface area (Å²) in [6, 6.07) is 8.29. The number of rotatable bonds is 4. The molecule has 138 valence electrons. The Labute approximate surface area is 158 Å². The van der Waals surface area contributed by atoms with Gasteiger partial charge in [0.25, 0.3) is 5.91 Å². The van der Waals surface area contributed by atoms with Crippen molar-refractivity contribution >= 4 is 33.3 Å². The minimum Gasteiger partial charge on any atom is -0.305 e. The Morgan fingerprint density at radius 1 is 1.26 bits per heavy atom. The van der Waals surface area contributed by atoms with Gasteiger partial charge in [0.05, 0.1) is 10.4 Å².